The quantitative estimate of drug-likeness (QED) is 0.769. The molecule has 1 fully saturated rings. The first kappa shape index (κ1) is 15.0. The number of carbonyl (C=O) groups is 2. The van der Waals surface area contributed by atoms with E-state index in [4.69, 9.17) is 0 Å². The van der Waals surface area contributed by atoms with Crippen LogP contribution in [0.2, 0.25) is 0 Å². The molecule has 0 spiro atoms. The van der Waals surface area contributed by atoms with Gasteiger partial charge in [0.25, 0.3) is 0 Å². The van der Waals surface area contributed by atoms with Gasteiger partial charge in [-0.15, -0.1) is 0 Å². The van der Waals surface area contributed by atoms with E-state index in [-0.39, 0.29) is 17.7 Å². The van der Waals surface area contributed by atoms with Gasteiger partial charge in [0.15, 0.2) is 0 Å². The number of hydrogen-bond acceptors (Lipinski definition) is 3. The van der Waals surface area contributed by atoms with Crippen LogP contribution in [0.25, 0.3) is 0 Å². The lowest BCUT2D eigenvalue weighted by molar-refractivity contribution is -0.130. The first-order valence-corrected chi connectivity index (χ1v) is 6.74. The summed E-state index contributed by atoms with van der Waals surface area (Å²) in [4.78, 5) is 27.1. The molecule has 0 aromatic heterocycles. The maximum atomic E-state index is 11.8. The number of likely N-dealkylation sites (tertiary alicyclic amines) is 1. The van der Waals surface area contributed by atoms with Crippen molar-refractivity contribution in [3.8, 4) is 0 Å². The number of likely N-dealkylation sites (N-methyl/N-ethyl adjacent to an activating group) is 1. The molecule has 1 aliphatic rings. The van der Waals surface area contributed by atoms with Crippen LogP contribution >= 0.6 is 0 Å². The minimum Gasteiger partial charge on any atom is -0.356 e. The molecule has 0 atom stereocenters. The first-order valence-electron chi connectivity index (χ1n) is 6.74. The van der Waals surface area contributed by atoms with Gasteiger partial charge in [-0.05, 0) is 32.4 Å². The lowest BCUT2D eigenvalue weighted by Gasteiger charge is -2.31. The highest BCUT2D eigenvalue weighted by Crippen LogP contribution is 2.17. The molecule has 0 radical (unpaired) electrons. The highest BCUT2D eigenvalue weighted by molar-refractivity contribution is 5.79. The fourth-order valence-electron chi connectivity index (χ4n) is 2.08. The van der Waals surface area contributed by atoms with Crippen molar-refractivity contribution >= 4 is 11.8 Å². The Kier molecular flexibility index (Phi) is 6.12. The highest BCUT2D eigenvalue weighted by atomic mass is 16.2. The predicted octanol–water partition coefficient (Wildman–Crippen LogP) is 0.313. The summed E-state index contributed by atoms with van der Waals surface area (Å²) in [5, 5.41) is 2.94. The number of nitrogens with one attached hydrogen (secondary N) is 1. The molecular formula is C13H25N3O2. The van der Waals surface area contributed by atoms with Crippen molar-refractivity contribution in [3.63, 3.8) is 0 Å². The predicted molar refractivity (Wildman–Crippen MR) is 71.2 cm³/mol. The van der Waals surface area contributed by atoms with Crippen molar-refractivity contribution in [3.05, 3.63) is 0 Å². The van der Waals surface area contributed by atoms with Crippen LogP contribution in [0, 0.1) is 5.92 Å². The molecule has 1 rings (SSSR count). The van der Waals surface area contributed by atoms with Gasteiger partial charge in [-0.3, -0.25) is 14.5 Å². The third-order valence-corrected chi connectivity index (χ3v) is 3.37. The van der Waals surface area contributed by atoms with Gasteiger partial charge >= 0.3 is 0 Å². The molecule has 0 aromatic rings. The number of carbonyl (C=O) groups excluding carboxylic acids is 2. The third-order valence-electron chi connectivity index (χ3n) is 3.37. The van der Waals surface area contributed by atoms with Crippen LogP contribution in [0.5, 0.6) is 0 Å². The molecule has 0 saturated carbocycles. The largest absolute Gasteiger partial charge is 0.356 e. The van der Waals surface area contributed by atoms with Crippen LogP contribution in [0.1, 0.15) is 26.2 Å². The minimum absolute atomic E-state index is 0.127. The third kappa shape index (κ3) is 4.64. The van der Waals surface area contributed by atoms with Gasteiger partial charge < -0.3 is 10.2 Å². The summed E-state index contributed by atoms with van der Waals surface area (Å²) in [6.07, 6.45) is 2.69. The summed E-state index contributed by atoms with van der Waals surface area (Å²) in [6, 6.07) is 0. The van der Waals surface area contributed by atoms with E-state index in [1.807, 2.05) is 0 Å². The number of nitrogens with zero attached hydrogens (tertiary/aromatic N) is 2. The molecule has 1 saturated heterocycles. The number of amides is 2. The van der Waals surface area contributed by atoms with Crippen molar-refractivity contribution in [1.29, 1.82) is 0 Å². The van der Waals surface area contributed by atoms with Crippen LogP contribution in [0.3, 0.4) is 0 Å². The van der Waals surface area contributed by atoms with E-state index >= 15 is 0 Å². The molecule has 0 aromatic carbocycles. The van der Waals surface area contributed by atoms with Crippen molar-refractivity contribution in [2.45, 2.75) is 26.2 Å². The molecule has 5 heteroatoms. The average molecular weight is 255 g/mol. The Morgan fingerprint density at radius 1 is 1.28 bits per heavy atom. The lowest BCUT2D eigenvalue weighted by atomic mass is 9.96. The van der Waals surface area contributed by atoms with Gasteiger partial charge in [0.2, 0.25) is 11.8 Å². The van der Waals surface area contributed by atoms with Gasteiger partial charge in [0, 0.05) is 26.6 Å². The van der Waals surface area contributed by atoms with E-state index < -0.39 is 0 Å². The van der Waals surface area contributed by atoms with Gasteiger partial charge in [-0.25, -0.2) is 0 Å². The Morgan fingerprint density at radius 3 is 2.39 bits per heavy atom. The smallest absolute Gasteiger partial charge is 0.236 e. The van der Waals surface area contributed by atoms with Gasteiger partial charge in [0.1, 0.15) is 0 Å². The zero-order valence-electron chi connectivity index (χ0n) is 11.7. The van der Waals surface area contributed by atoms with Gasteiger partial charge in [-0.2, -0.15) is 0 Å². The van der Waals surface area contributed by atoms with Crippen molar-refractivity contribution in [2.24, 2.45) is 5.92 Å². The Balaban J connectivity index is 2.28. The molecule has 0 unspecified atom stereocenters. The molecule has 1 heterocycles. The van der Waals surface area contributed by atoms with Gasteiger partial charge in [0.05, 0.1) is 6.54 Å². The Bertz CT molecular complexity index is 284. The normalized spacial score (nSPS) is 17.5. The monoisotopic (exact) mass is 255 g/mol. The fraction of sp³-hybridized carbons (Fsp3) is 0.846. The van der Waals surface area contributed by atoms with E-state index in [0.29, 0.717) is 6.54 Å². The van der Waals surface area contributed by atoms with Crippen LogP contribution < -0.4 is 5.32 Å². The zero-order chi connectivity index (χ0) is 13.5. The maximum Gasteiger partial charge on any atom is 0.236 e. The number of rotatable bonds is 5. The first-order chi connectivity index (χ1) is 8.54. The number of piperidine rings is 1. The van der Waals surface area contributed by atoms with E-state index in [0.717, 1.165) is 38.9 Å². The molecule has 1 aliphatic heterocycles. The second-order valence-electron chi connectivity index (χ2n) is 5.13. The summed E-state index contributed by atoms with van der Waals surface area (Å²) in [5.41, 5.74) is 0. The molecule has 0 aliphatic carbocycles. The Hall–Kier alpha value is -1.10. The number of hydrogen-bond donors (Lipinski definition) is 1. The molecule has 0 bridgehead atoms. The van der Waals surface area contributed by atoms with Crippen molar-refractivity contribution in [1.82, 2.24) is 15.1 Å². The minimum atomic E-state index is 0.127. The van der Waals surface area contributed by atoms with E-state index in [1.54, 1.807) is 19.0 Å². The average Bonchev–Trinajstić information content (AvgIpc) is 2.36. The fourth-order valence-corrected chi connectivity index (χ4v) is 2.08. The second-order valence-corrected chi connectivity index (χ2v) is 5.13. The molecule has 104 valence electrons. The van der Waals surface area contributed by atoms with Gasteiger partial charge in [-0.1, -0.05) is 6.92 Å². The van der Waals surface area contributed by atoms with Crippen molar-refractivity contribution < 1.29 is 9.59 Å². The summed E-state index contributed by atoms with van der Waals surface area (Å²) in [7, 11) is 3.54. The van der Waals surface area contributed by atoms with Crippen LogP contribution in [-0.2, 0) is 9.59 Å². The van der Waals surface area contributed by atoms with E-state index in [9.17, 15) is 9.59 Å². The van der Waals surface area contributed by atoms with Crippen LogP contribution in [0.15, 0.2) is 0 Å². The van der Waals surface area contributed by atoms with Crippen molar-refractivity contribution in [2.75, 3.05) is 40.3 Å². The standard InChI is InChI=1S/C13H25N3O2/c1-4-7-14-13(18)11-5-8-16(9-6-11)10-12(17)15(2)3/h11H,4-10H2,1-3H3,(H,14,18). The maximum absolute atomic E-state index is 11.8. The second kappa shape index (κ2) is 7.36. The lowest BCUT2D eigenvalue weighted by Crippen LogP contribution is -2.44. The van der Waals surface area contributed by atoms with E-state index in [2.05, 4.69) is 17.1 Å². The highest BCUT2D eigenvalue weighted by Gasteiger charge is 2.25. The Labute approximate surface area is 110 Å². The topological polar surface area (TPSA) is 52.7 Å². The molecule has 18 heavy (non-hydrogen) atoms. The molecule has 1 N–H and O–H groups in total. The molecular weight excluding hydrogens is 230 g/mol. The molecule has 5 nitrogen and oxygen atoms in total. The summed E-state index contributed by atoms with van der Waals surface area (Å²) >= 11 is 0. The molecule has 2 amide bonds. The summed E-state index contributed by atoms with van der Waals surface area (Å²) in [5.74, 6) is 0.432. The van der Waals surface area contributed by atoms with Crippen LogP contribution in [-0.4, -0.2) is 61.9 Å². The summed E-state index contributed by atoms with van der Waals surface area (Å²) < 4.78 is 0. The zero-order valence-corrected chi connectivity index (χ0v) is 11.7. The van der Waals surface area contributed by atoms with E-state index in [1.165, 1.54) is 0 Å². The summed E-state index contributed by atoms with van der Waals surface area (Å²) in [6.45, 7) is 4.96. The SMILES string of the molecule is CCCNC(=O)C1CCN(CC(=O)N(C)C)CC1. The van der Waals surface area contributed by atoms with Crippen LogP contribution in [0.4, 0.5) is 0 Å². The Morgan fingerprint density at radius 2 is 1.89 bits per heavy atom.